The highest BCUT2D eigenvalue weighted by Crippen LogP contribution is 2.28. The van der Waals surface area contributed by atoms with Gasteiger partial charge in [-0.3, -0.25) is 0 Å². The first-order valence-electron chi connectivity index (χ1n) is 6.09. The highest BCUT2D eigenvalue weighted by molar-refractivity contribution is 6.30. The highest BCUT2D eigenvalue weighted by atomic mass is 35.5. The van der Waals surface area contributed by atoms with E-state index in [1.165, 1.54) is 0 Å². The molecule has 0 unspecified atom stereocenters. The van der Waals surface area contributed by atoms with Crippen molar-refractivity contribution in [1.82, 2.24) is 10.2 Å². The van der Waals surface area contributed by atoms with Gasteiger partial charge in [-0.25, -0.2) is 0 Å². The first kappa shape index (κ1) is 12.7. The summed E-state index contributed by atoms with van der Waals surface area (Å²) in [5, 5.41) is 8.77. The van der Waals surface area contributed by atoms with E-state index in [2.05, 4.69) is 10.2 Å². The van der Waals surface area contributed by atoms with Crippen molar-refractivity contribution in [2.75, 3.05) is 5.73 Å². The van der Waals surface area contributed by atoms with Crippen LogP contribution in [0.15, 0.2) is 46.9 Å². The number of nitrogen functional groups attached to an aromatic ring is 1. The molecule has 1 heterocycles. The second-order valence-electron chi connectivity index (χ2n) is 4.51. The summed E-state index contributed by atoms with van der Waals surface area (Å²) in [5.74, 6) is 0.855. The number of rotatable bonds is 2. The maximum absolute atomic E-state index is 5.94. The van der Waals surface area contributed by atoms with Crippen LogP contribution in [0.2, 0.25) is 5.02 Å². The van der Waals surface area contributed by atoms with E-state index >= 15 is 0 Å². The molecule has 5 heteroatoms. The van der Waals surface area contributed by atoms with E-state index in [1.54, 1.807) is 12.1 Å². The molecule has 0 aliphatic heterocycles. The van der Waals surface area contributed by atoms with E-state index in [-0.39, 0.29) is 0 Å². The fourth-order valence-electron chi connectivity index (χ4n) is 1.90. The van der Waals surface area contributed by atoms with E-state index in [1.807, 2.05) is 37.3 Å². The van der Waals surface area contributed by atoms with Crippen LogP contribution in [0.3, 0.4) is 0 Å². The van der Waals surface area contributed by atoms with Crippen LogP contribution in [-0.4, -0.2) is 10.2 Å². The lowest BCUT2D eigenvalue weighted by Crippen LogP contribution is -1.90. The Morgan fingerprint density at radius 3 is 2.45 bits per heavy atom. The third-order valence-electron chi connectivity index (χ3n) is 2.96. The van der Waals surface area contributed by atoms with Gasteiger partial charge in [0.25, 0.3) is 0 Å². The Kier molecular flexibility index (Phi) is 3.16. The zero-order valence-corrected chi connectivity index (χ0v) is 11.6. The van der Waals surface area contributed by atoms with Crippen LogP contribution in [0.5, 0.6) is 0 Å². The summed E-state index contributed by atoms with van der Waals surface area (Å²) in [7, 11) is 0. The molecular weight excluding hydrogens is 274 g/mol. The summed E-state index contributed by atoms with van der Waals surface area (Å²) in [6.45, 7) is 1.99. The average Bonchev–Trinajstić information content (AvgIpc) is 2.92. The van der Waals surface area contributed by atoms with Gasteiger partial charge < -0.3 is 10.2 Å². The Labute approximate surface area is 121 Å². The molecule has 2 aromatic carbocycles. The normalized spacial score (nSPS) is 10.7. The van der Waals surface area contributed by atoms with Crippen LogP contribution >= 0.6 is 11.6 Å². The Bertz CT molecular complexity index is 750. The highest BCUT2D eigenvalue weighted by Gasteiger charge is 2.12. The van der Waals surface area contributed by atoms with E-state index < -0.39 is 0 Å². The minimum atomic E-state index is 0.413. The van der Waals surface area contributed by atoms with Gasteiger partial charge in [0.05, 0.1) is 5.56 Å². The molecule has 100 valence electrons. The first-order chi connectivity index (χ1) is 9.63. The van der Waals surface area contributed by atoms with Crippen LogP contribution in [-0.2, 0) is 0 Å². The van der Waals surface area contributed by atoms with Crippen LogP contribution in [0, 0.1) is 6.92 Å². The molecule has 20 heavy (non-hydrogen) atoms. The largest absolute Gasteiger partial charge is 0.416 e. The molecule has 0 bridgehead atoms. The van der Waals surface area contributed by atoms with E-state index in [0.717, 1.165) is 16.7 Å². The molecule has 0 spiro atoms. The maximum Gasteiger partial charge on any atom is 0.250 e. The molecule has 3 aromatic rings. The topological polar surface area (TPSA) is 64.9 Å². The molecule has 3 rings (SSSR count). The van der Waals surface area contributed by atoms with E-state index in [9.17, 15) is 0 Å². The minimum Gasteiger partial charge on any atom is -0.416 e. The van der Waals surface area contributed by atoms with Crippen LogP contribution in [0.1, 0.15) is 5.56 Å². The molecule has 0 fully saturated rings. The number of nitrogens with zero attached hydrogens (tertiary/aromatic N) is 2. The molecule has 0 saturated carbocycles. The van der Waals surface area contributed by atoms with Crippen molar-refractivity contribution in [1.29, 1.82) is 0 Å². The van der Waals surface area contributed by atoms with Gasteiger partial charge >= 0.3 is 0 Å². The zero-order chi connectivity index (χ0) is 14.1. The van der Waals surface area contributed by atoms with Crippen molar-refractivity contribution in [3.8, 4) is 22.9 Å². The summed E-state index contributed by atoms with van der Waals surface area (Å²) in [6, 6.07) is 12.9. The maximum atomic E-state index is 5.94. The van der Waals surface area contributed by atoms with Gasteiger partial charge in [-0.05, 0) is 43.3 Å². The fraction of sp³-hybridized carbons (Fsp3) is 0.0667. The molecule has 0 aliphatic carbocycles. The Balaban J connectivity index is 2.01. The fourth-order valence-corrected chi connectivity index (χ4v) is 2.02. The van der Waals surface area contributed by atoms with Crippen molar-refractivity contribution in [3.05, 3.63) is 53.1 Å². The van der Waals surface area contributed by atoms with Gasteiger partial charge in [-0.1, -0.05) is 23.2 Å². The number of halogens is 1. The molecule has 4 nitrogen and oxygen atoms in total. The molecule has 2 N–H and O–H groups in total. The van der Waals surface area contributed by atoms with Crippen molar-refractivity contribution in [2.45, 2.75) is 6.92 Å². The van der Waals surface area contributed by atoms with E-state index in [4.69, 9.17) is 21.8 Å². The molecule has 0 amide bonds. The summed E-state index contributed by atoms with van der Waals surface area (Å²) in [4.78, 5) is 0. The lowest BCUT2D eigenvalue weighted by Gasteiger charge is -2.01. The van der Waals surface area contributed by atoms with Gasteiger partial charge in [0, 0.05) is 16.3 Å². The SMILES string of the molecule is Cc1ccc(N)c(-c2nnc(-c3ccc(Cl)cc3)o2)c1. The first-order valence-corrected chi connectivity index (χ1v) is 6.47. The smallest absolute Gasteiger partial charge is 0.250 e. The molecule has 0 aliphatic rings. The monoisotopic (exact) mass is 285 g/mol. The summed E-state index contributed by atoms with van der Waals surface area (Å²) in [6.07, 6.45) is 0. The van der Waals surface area contributed by atoms with Crippen LogP contribution < -0.4 is 5.73 Å². The number of anilines is 1. The summed E-state index contributed by atoms with van der Waals surface area (Å²) < 4.78 is 5.69. The number of benzene rings is 2. The summed E-state index contributed by atoms with van der Waals surface area (Å²) >= 11 is 5.86. The second-order valence-corrected chi connectivity index (χ2v) is 4.95. The Morgan fingerprint density at radius 2 is 1.70 bits per heavy atom. The molecule has 0 atom stereocenters. The van der Waals surface area contributed by atoms with Crippen molar-refractivity contribution in [2.24, 2.45) is 0 Å². The van der Waals surface area contributed by atoms with Crippen molar-refractivity contribution < 1.29 is 4.42 Å². The lowest BCUT2D eigenvalue weighted by molar-refractivity contribution is 0.585. The van der Waals surface area contributed by atoms with Crippen molar-refractivity contribution >= 4 is 17.3 Å². The van der Waals surface area contributed by atoms with E-state index in [0.29, 0.717) is 22.5 Å². The van der Waals surface area contributed by atoms with Crippen LogP contribution in [0.25, 0.3) is 22.9 Å². The Morgan fingerprint density at radius 1 is 1.00 bits per heavy atom. The lowest BCUT2D eigenvalue weighted by atomic mass is 10.1. The average molecular weight is 286 g/mol. The quantitative estimate of drug-likeness (QED) is 0.724. The predicted octanol–water partition coefficient (Wildman–Crippen LogP) is 3.95. The second kappa shape index (κ2) is 4.98. The molecule has 0 radical (unpaired) electrons. The van der Waals surface area contributed by atoms with Gasteiger partial charge in [0.2, 0.25) is 11.8 Å². The number of aryl methyl sites for hydroxylation is 1. The van der Waals surface area contributed by atoms with Gasteiger partial charge in [-0.15, -0.1) is 10.2 Å². The van der Waals surface area contributed by atoms with Crippen molar-refractivity contribution in [3.63, 3.8) is 0 Å². The molecule has 0 saturated heterocycles. The number of hydrogen-bond acceptors (Lipinski definition) is 4. The number of aromatic nitrogens is 2. The van der Waals surface area contributed by atoms with Gasteiger partial charge in [-0.2, -0.15) is 0 Å². The van der Waals surface area contributed by atoms with Gasteiger partial charge in [0.1, 0.15) is 0 Å². The van der Waals surface area contributed by atoms with Crippen LogP contribution in [0.4, 0.5) is 5.69 Å². The predicted molar refractivity (Wildman–Crippen MR) is 79.3 cm³/mol. The molecule has 1 aromatic heterocycles. The minimum absolute atomic E-state index is 0.413. The van der Waals surface area contributed by atoms with Gasteiger partial charge in [0.15, 0.2) is 0 Å². The standard InChI is InChI=1S/C15H12ClN3O/c1-9-2-7-13(17)12(8-9)15-19-18-14(20-15)10-3-5-11(16)6-4-10/h2-8H,17H2,1H3. The zero-order valence-electron chi connectivity index (χ0n) is 10.8. The third-order valence-corrected chi connectivity index (χ3v) is 3.21. The summed E-state index contributed by atoms with van der Waals surface area (Å²) in [5.41, 5.74) is 9.21. The number of nitrogens with two attached hydrogens (primary N) is 1. The molecular formula is C15H12ClN3O. The Hall–Kier alpha value is -2.33. The third kappa shape index (κ3) is 2.38. The number of hydrogen-bond donors (Lipinski definition) is 1.